The molecule has 2 rings (SSSR count). The van der Waals surface area contributed by atoms with Gasteiger partial charge in [0, 0.05) is 5.56 Å². The van der Waals surface area contributed by atoms with E-state index in [9.17, 15) is 0 Å². The summed E-state index contributed by atoms with van der Waals surface area (Å²) in [6.45, 7) is 5.08. The first-order valence-electron chi connectivity index (χ1n) is 8.81. The number of aromatic nitrogens is 2. The molecule has 2 aromatic rings. The molecule has 1 aromatic heterocycles. The average molecular weight is 312 g/mol. The van der Waals surface area contributed by atoms with Gasteiger partial charge in [0.25, 0.3) is 0 Å². The molecule has 0 bridgehead atoms. The molecule has 0 saturated heterocycles. The van der Waals surface area contributed by atoms with Gasteiger partial charge in [0.15, 0.2) is 11.6 Å². The quantitative estimate of drug-likeness (QED) is 0.537. The minimum Gasteiger partial charge on any atom is -0.490 e. The lowest BCUT2D eigenvalue weighted by Crippen LogP contribution is -1.99. The predicted molar refractivity (Wildman–Crippen MR) is 95.7 cm³/mol. The van der Waals surface area contributed by atoms with E-state index in [2.05, 4.69) is 35.9 Å². The normalized spacial score (nSPS) is 10.7. The van der Waals surface area contributed by atoms with E-state index in [-0.39, 0.29) is 0 Å². The fraction of sp³-hybridized carbons (Fsp3) is 0.500. The number of benzene rings is 1. The predicted octanol–water partition coefficient (Wildman–Crippen LogP) is 5.58. The van der Waals surface area contributed by atoms with Crippen LogP contribution >= 0.6 is 0 Å². The van der Waals surface area contributed by atoms with Crippen molar-refractivity contribution in [1.82, 2.24) is 9.97 Å². The van der Waals surface area contributed by atoms with Gasteiger partial charge in [0.05, 0.1) is 19.0 Å². The summed E-state index contributed by atoms with van der Waals surface area (Å²) < 4.78 is 5.72. The Labute approximate surface area is 140 Å². The number of unbranched alkanes of at least 4 members (excludes halogenated alkanes) is 6. The number of hydrogen-bond acceptors (Lipinski definition) is 3. The van der Waals surface area contributed by atoms with Crippen molar-refractivity contribution in [3.8, 4) is 17.1 Å². The highest BCUT2D eigenvalue weighted by molar-refractivity contribution is 5.55. The van der Waals surface area contributed by atoms with Crippen LogP contribution in [0.2, 0.25) is 0 Å². The van der Waals surface area contributed by atoms with Crippen molar-refractivity contribution < 1.29 is 4.74 Å². The van der Waals surface area contributed by atoms with Crippen LogP contribution < -0.4 is 4.74 Å². The number of ether oxygens (including phenoxy) is 1. The lowest BCUT2D eigenvalue weighted by Gasteiger charge is -2.06. The van der Waals surface area contributed by atoms with Crippen molar-refractivity contribution in [3.05, 3.63) is 42.2 Å². The Morgan fingerprint density at radius 2 is 1.43 bits per heavy atom. The second-order valence-electron chi connectivity index (χ2n) is 6.08. The molecule has 0 saturated carbocycles. The Kier molecular flexibility index (Phi) is 7.58. The zero-order valence-corrected chi connectivity index (χ0v) is 14.4. The third-order valence-electron chi connectivity index (χ3n) is 3.95. The molecule has 0 spiro atoms. The molecule has 23 heavy (non-hydrogen) atoms. The molecular formula is C20H28N2O. The third-order valence-corrected chi connectivity index (χ3v) is 3.95. The van der Waals surface area contributed by atoms with Crippen LogP contribution in [-0.4, -0.2) is 16.6 Å². The first-order chi connectivity index (χ1) is 11.3. The second kappa shape index (κ2) is 9.98. The SMILES string of the molecule is CCCCCCCCCOc1cnc(-c2ccc(C)cc2)nc1. The first-order valence-corrected chi connectivity index (χ1v) is 8.81. The molecule has 1 aromatic carbocycles. The maximum absolute atomic E-state index is 5.72. The molecule has 0 unspecified atom stereocenters. The molecule has 0 atom stereocenters. The van der Waals surface area contributed by atoms with E-state index in [0.717, 1.165) is 30.2 Å². The molecule has 0 amide bonds. The zero-order valence-electron chi connectivity index (χ0n) is 14.4. The Morgan fingerprint density at radius 3 is 2.09 bits per heavy atom. The van der Waals surface area contributed by atoms with Gasteiger partial charge < -0.3 is 4.74 Å². The zero-order chi connectivity index (χ0) is 16.3. The van der Waals surface area contributed by atoms with Crippen molar-refractivity contribution in [2.24, 2.45) is 0 Å². The molecule has 0 radical (unpaired) electrons. The Morgan fingerprint density at radius 1 is 0.826 bits per heavy atom. The van der Waals surface area contributed by atoms with Gasteiger partial charge in [-0.2, -0.15) is 0 Å². The highest BCUT2D eigenvalue weighted by Crippen LogP contribution is 2.17. The van der Waals surface area contributed by atoms with Crippen LogP contribution in [0.4, 0.5) is 0 Å². The first kappa shape index (κ1) is 17.5. The smallest absolute Gasteiger partial charge is 0.159 e. The molecular weight excluding hydrogens is 284 g/mol. The summed E-state index contributed by atoms with van der Waals surface area (Å²) >= 11 is 0. The van der Waals surface area contributed by atoms with E-state index in [1.165, 1.54) is 44.1 Å². The summed E-state index contributed by atoms with van der Waals surface area (Å²) in [5, 5.41) is 0. The molecule has 1 heterocycles. The molecule has 3 nitrogen and oxygen atoms in total. The van der Waals surface area contributed by atoms with Gasteiger partial charge >= 0.3 is 0 Å². The molecule has 3 heteroatoms. The summed E-state index contributed by atoms with van der Waals surface area (Å²) in [4.78, 5) is 8.78. The highest BCUT2D eigenvalue weighted by Gasteiger charge is 2.02. The molecule has 0 aliphatic heterocycles. The van der Waals surface area contributed by atoms with Crippen molar-refractivity contribution in [2.45, 2.75) is 58.8 Å². The van der Waals surface area contributed by atoms with Crippen LogP contribution in [0, 0.1) is 6.92 Å². The minimum absolute atomic E-state index is 0.744. The Bertz CT molecular complexity index is 549. The van der Waals surface area contributed by atoms with Crippen molar-refractivity contribution >= 4 is 0 Å². The standard InChI is InChI=1S/C20H28N2O/c1-3-4-5-6-7-8-9-14-23-19-15-21-20(22-16-19)18-12-10-17(2)11-13-18/h10-13,15-16H,3-9,14H2,1-2H3. The topological polar surface area (TPSA) is 35.0 Å². The van der Waals surface area contributed by atoms with Crippen molar-refractivity contribution in [1.29, 1.82) is 0 Å². The van der Waals surface area contributed by atoms with E-state index >= 15 is 0 Å². The van der Waals surface area contributed by atoms with Crippen LogP contribution in [0.1, 0.15) is 57.4 Å². The minimum atomic E-state index is 0.744. The van der Waals surface area contributed by atoms with Crippen LogP contribution in [0.15, 0.2) is 36.7 Å². The molecule has 0 fully saturated rings. The fourth-order valence-electron chi connectivity index (χ4n) is 2.49. The molecule has 0 aliphatic rings. The van der Waals surface area contributed by atoms with Crippen molar-refractivity contribution in [2.75, 3.05) is 6.61 Å². The summed E-state index contributed by atoms with van der Waals surface area (Å²) in [6, 6.07) is 8.24. The second-order valence-corrected chi connectivity index (χ2v) is 6.08. The van der Waals surface area contributed by atoms with Crippen LogP contribution in [-0.2, 0) is 0 Å². The Hall–Kier alpha value is -1.90. The third kappa shape index (κ3) is 6.39. The maximum atomic E-state index is 5.72. The molecule has 124 valence electrons. The van der Waals surface area contributed by atoms with Crippen LogP contribution in [0.25, 0.3) is 11.4 Å². The molecule has 0 aliphatic carbocycles. The number of rotatable bonds is 10. The number of hydrogen-bond donors (Lipinski definition) is 0. The van der Waals surface area contributed by atoms with E-state index in [1.54, 1.807) is 12.4 Å². The van der Waals surface area contributed by atoms with E-state index < -0.39 is 0 Å². The van der Waals surface area contributed by atoms with Gasteiger partial charge in [-0.15, -0.1) is 0 Å². The van der Waals surface area contributed by atoms with E-state index in [4.69, 9.17) is 4.74 Å². The number of aryl methyl sites for hydroxylation is 1. The summed E-state index contributed by atoms with van der Waals surface area (Å²) in [5.41, 5.74) is 2.28. The van der Waals surface area contributed by atoms with E-state index in [0.29, 0.717) is 0 Å². The monoisotopic (exact) mass is 312 g/mol. The average Bonchev–Trinajstić information content (AvgIpc) is 2.59. The van der Waals surface area contributed by atoms with Gasteiger partial charge in [0.2, 0.25) is 0 Å². The molecule has 0 N–H and O–H groups in total. The maximum Gasteiger partial charge on any atom is 0.159 e. The van der Waals surface area contributed by atoms with Crippen LogP contribution in [0.5, 0.6) is 5.75 Å². The van der Waals surface area contributed by atoms with Gasteiger partial charge in [-0.3, -0.25) is 0 Å². The lowest BCUT2D eigenvalue weighted by molar-refractivity contribution is 0.302. The van der Waals surface area contributed by atoms with E-state index in [1.807, 2.05) is 12.1 Å². The number of nitrogens with zero attached hydrogens (tertiary/aromatic N) is 2. The summed E-state index contributed by atoms with van der Waals surface area (Å²) in [7, 11) is 0. The lowest BCUT2D eigenvalue weighted by atomic mass is 10.1. The Balaban J connectivity index is 1.68. The fourth-order valence-corrected chi connectivity index (χ4v) is 2.49. The van der Waals surface area contributed by atoms with Crippen molar-refractivity contribution in [3.63, 3.8) is 0 Å². The van der Waals surface area contributed by atoms with Gasteiger partial charge in [-0.1, -0.05) is 75.3 Å². The van der Waals surface area contributed by atoms with Gasteiger partial charge in [0.1, 0.15) is 0 Å². The largest absolute Gasteiger partial charge is 0.490 e. The summed E-state index contributed by atoms with van der Waals surface area (Å²) in [6.07, 6.45) is 12.6. The van der Waals surface area contributed by atoms with Crippen LogP contribution in [0.3, 0.4) is 0 Å². The van der Waals surface area contributed by atoms with Gasteiger partial charge in [-0.25, -0.2) is 9.97 Å². The highest BCUT2D eigenvalue weighted by atomic mass is 16.5. The van der Waals surface area contributed by atoms with Gasteiger partial charge in [-0.05, 0) is 13.3 Å². The summed E-state index contributed by atoms with van der Waals surface area (Å²) in [5.74, 6) is 1.50.